The van der Waals surface area contributed by atoms with Gasteiger partial charge in [0.2, 0.25) is 0 Å². The zero-order valence-corrected chi connectivity index (χ0v) is 11.2. The van der Waals surface area contributed by atoms with Crippen LogP contribution in [0.4, 0.5) is 0 Å². The molecule has 3 heteroatoms. The number of terminal acetylenes is 1. The largest absolute Gasteiger partial charge is 0.309 e. The third-order valence-electron chi connectivity index (χ3n) is 3.00. The first kappa shape index (κ1) is 12.6. The molecule has 1 aliphatic rings. The van der Waals surface area contributed by atoms with Crippen LogP contribution in [-0.2, 0) is 13.1 Å². The molecule has 92 valence electrons. The van der Waals surface area contributed by atoms with Crippen LogP contribution in [-0.4, -0.2) is 24.0 Å². The van der Waals surface area contributed by atoms with E-state index in [0.717, 1.165) is 32.2 Å². The van der Waals surface area contributed by atoms with E-state index in [9.17, 15) is 0 Å². The van der Waals surface area contributed by atoms with Crippen LogP contribution in [0.25, 0.3) is 0 Å². The van der Waals surface area contributed by atoms with Crippen LogP contribution in [0, 0.1) is 12.3 Å². The Balaban J connectivity index is 1.81. The molecule has 0 spiro atoms. The Hall–Kier alpha value is -0.820. The molecular weight excluding hydrogens is 228 g/mol. The molecule has 0 aromatic carbocycles. The quantitative estimate of drug-likeness (QED) is 0.746. The van der Waals surface area contributed by atoms with Gasteiger partial charge in [-0.05, 0) is 31.5 Å². The normalized spacial score (nSPS) is 15.1. The first-order chi connectivity index (χ1) is 8.31. The maximum absolute atomic E-state index is 5.35. The topological polar surface area (TPSA) is 15.3 Å². The molecule has 1 heterocycles. The third-order valence-corrected chi connectivity index (χ3v) is 4.07. The molecule has 2 rings (SSSR count). The van der Waals surface area contributed by atoms with Gasteiger partial charge < -0.3 is 5.32 Å². The Kier molecular flexibility index (Phi) is 4.61. The van der Waals surface area contributed by atoms with Crippen molar-refractivity contribution >= 4 is 11.3 Å². The molecule has 0 unspecified atom stereocenters. The Labute approximate surface area is 108 Å². The minimum atomic E-state index is 0.740. The van der Waals surface area contributed by atoms with Gasteiger partial charge >= 0.3 is 0 Å². The lowest BCUT2D eigenvalue weighted by Crippen LogP contribution is -2.22. The lowest BCUT2D eigenvalue weighted by atomic mass is 10.4. The number of hydrogen-bond acceptors (Lipinski definition) is 3. The van der Waals surface area contributed by atoms with Gasteiger partial charge in [0.05, 0.1) is 6.54 Å². The molecule has 1 aliphatic carbocycles. The van der Waals surface area contributed by atoms with Gasteiger partial charge in [-0.15, -0.1) is 17.8 Å². The number of nitrogens with one attached hydrogen (secondary N) is 1. The summed E-state index contributed by atoms with van der Waals surface area (Å²) in [6, 6.07) is 5.25. The van der Waals surface area contributed by atoms with Crippen molar-refractivity contribution in [1.29, 1.82) is 0 Å². The smallest absolute Gasteiger partial charge is 0.0601 e. The zero-order chi connectivity index (χ0) is 12.1. The number of nitrogens with zero attached hydrogens (tertiary/aromatic N) is 1. The molecule has 1 aromatic rings. The average molecular weight is 248 g/mol. The van der Waals surface area contributed by atoms with Crippen LogP contribution in [0.15, 0.2) is 12.1 Å². The molecular formula is C14H20N2S. The number of rotatable bonds is 7. The van der Waals surface area contributed by atoms with Gasteiger partial charge in [0.15, 0.2) is 0 Å². The van der Waals surface area contributed by atoms with Crippen LogP contribution in [0.3, 0.4) is 0 Å². The maximum atomic E-state index is 5.35. The highest BCUT2D eigenvalue weighted by Crippen LogP contribution is 2.22. The highest BCUT2D eigenvalue weighted by atomic mass is 32.1. The minimum Gasteiger partial charge on any atom is -0.309 e. The average Bonchev–Trinajstić information content (AvgIpc) is 3.06. The minimum absolute atomic E-state index is 0.740. The standard InChI is InChI=1S/C14H20N2S/c1-3-9-16(4-2)11-14-8-7-13(17-14)10-15-12-5-6-12/h1,7-8,12,15H,4-6,9-11H2,2H3. The van der Waals surface area contributed by atoms with E-state index in [0.29, 0.717) is 0 Å². The lowest BCUT2D eigenvalue weighted by Gasteiger charge is -2.15. The Morgan fingerprint density at radius 1 is 1.47 bits per heavy atom. The predicted molar refractivity (Wildman–Crippen MR) is 74.0 cm³/mol. The van der Waals surface area contributed by atoms with Gasteiger partial charge in [0.25, 0.3) is 0 Å². The molecule has 0 amide bonds. The monoisotopic (exact) mass is 248 g/mol. The Morgan fingerprint density at radius 3 is 2.88 bits per heavy atom. The molecule has 1 fully saturated rings. The van der Waals surface area contributed by atoms with E-state index in [4.69, 9.17) is 6.42 Å². The molecule has 2 nitrogen and oxygen atoms in total. The van der Waals surface area contributed by atoms with E-state index >= 15 is 0 Å². The van der Waals surface area contributed by atoms with Crippen molar-refractivity contribution in [2.24, 2.45) is 0 Å². The van der Waals surface area contributed by atoms with Crippen LogP contribution >= 0.6 is 11.3 Å². The summed E-state index contributed by atoms with van der Waals surface area (Å²) in [7, 11) is 0. The van der Waals surface area contributed by atoms with E-state index in [2.05, 4.69) is 35.2 Å². The molecule has 0 saturated heterocycles. The predicted octanol–water partition coefficient (Wildman–Crippen LogP) is 2.46. The highest BCUT2D eigenvalue weighted by Gasteiger charge is 2.20. The molecule has 1 aromatic heterocycles. The van der Waals surface area contributed by atoms with E-state index in [1.54, 1.807) is 0 Å². The van der Waals surface area contributed by atoms with Gasteiger partial charge in [0.1, 0.15) is 0 Å². The molecule has 1 saturated carbocycles. The van der Waals surface area contributed by atoms with Crippen molar-refractivity contribution in [2.75, 3.05) is 13.1 Å². The second-order valence-corrected chi connectivity index (χ2v) is 5.78. The van der Waals surface area contributed by atoms with Gasteiger partial charge in [-0.1, -0.05) is 12.8 Å². The summed E-state index contributed by atoms with van der Waals surface area (Å²) < 4.78 is 0. The second kappa shape index (κ2) is 6.20. The second-order valence-electron chi connectivity index (χ2n) is 4.53. The highest BCUT2D eigenvalue weighted by molar-refractivity contribution is 7.11. The lowest BCUT2D eigenvalue weighted by molar-refractivity contribution is 0.319. The van der Waals surface area contributed by atoms with Crippen LogP contribution in [0.1, 0.15) is 29.5 Å². The summed E-state index contributed by atoms with van der Waals surface area (Å²) in [4.78, 5) is 5.13. The van der Waals surface area contributed by atoms with Crippen molar-refractivity contribution in [3.05, 3.63) is 21.9 Å². The van der Waals surface area contributed by atoms with Gasteiger partial charge in [-0.2, -0.15) is 0 Å². The van der Waals surface area contributed by atoms with Crippen molar-refractivity contribution in [2.45, 2.75) is 38.9 Å². The fourth-order valence-corrected chi connectivity index (χ4v) is 2.78. The molecule has 0 radical (unpaired) electrons. The van der Waals surface area contributed by atoms with Gasteiger partial charge in [-0.3, -0.25) is 4.90 Å². The molecule has 0 aliphatic heterocycles. The van der Waals surface area contributed by atoms with E-state index in [-0.39, 0.29) is 0 Å². The SMILES string of the molecule is C#CCN(CC)Cc1ccc(CNC2CC2)s1. The molecule has 0 bridgehead atoms. The van der Waals surface area contributed by atoms with Crippen molar-refractivity contribution in [1.82, 2.24) is 10.2 Å². The summed E-state index contributed by atoms with van der Waals surface area (Å²) in [5.41, 5.74) is 0. The van der Waals surface area contributed by atoms with Crippen LogP contribution < -0.4 is 5.32 Å². The van der Waals surface area contributed by atoms with Crippen LogP contribution in [0.5, 0.6) is 0 Å². The summed E-state index contributed by atoms with van der Waals surface area (Å²) in [5, 5.41) is 3.54. The summed E-state index contributed by atoms with van der Waals surface area (Å²) in [6.45, 7) is 5.91. The van der Waals surface area contributed by atoms with E-state index < -0.39 is 0 Å². The van der Waals surface area contributed by atoms with E-state index in [1.165, 1.54) is 22.6 Å². The van der Waals surface area contributed by atoms with Gasteiger partial charge in [-0.25, -0.2) is 0 Å². The Morgan fingerprint density at radius 2 is 2.24 bits per heavy atom. The molecule has 17 heavy (non-hydrogen) atoms. The van der Waals surface area contributed by atoms with Crippen molar-refractivity contribution in [3.63, 3.8) is 0 Å². The zero-order valence-electron chi connectivity index (χ0n) is 10.4. The molecule has 1 N–H and O–H groups in total. The van der Waals surface area contributed by atoms with Crippen LogP contribution in [0.2, 0.25) is 0 Å². The maximum Gasteiger partial charge on any atom is 0.0601 e. The van der Waals surface area contributed by atoms with Crippen molar-refractivity contribution < 1.29 is 0 Å². The fraction of sp³-hybridized carbons (Fsp3) is 0.571. The first-order valence-electron chi connectivity index (χ1n) is 6.28. The van der Waals surface area contributed by atoms with Gasteiger partial charge in [0, 0.05) is 28.9 Å². The van der Waals surface area contributed by atoms with E-state index in [1.807, 2.05) is 11.3 Å². The Bertz CT molecular complexity index is 387. The number of thiophene rings is 1. The summed E-state index contributed by atoms with van der Waals surface area (Å²) in [6.07, 6.45) is 8.06. The summed E-state index contributed by atoms with van der Waals surface area (Å²) >= 11 is 1.90. The molecule has 0 atom stereocenters. The fourth-order valence-electron chi connectivity index (χ4n) is 1.76. The number of hydrogen-bond donors (Lipinski definition) is 1. The third kappa shape index (κ3) is 4.16. The summed E-state index contributed by atoms with van der Waals surface area (Å²) in [5.74, 6) is 2.71. The van der Waals surface area contributed by atoms with Crippen molar-refractivity contribution in [3.8, 4) is 12.3 Å². The first-order valence-corrected chi connectivity index (χ1v) is 7.10.